The Morgan fingerprint density at radius 2 is 1.80 bits per heavy atom. The first-order valence-electron chi connectivity index (χ1n) is 15.2. The molecule has 9 nitrogen and oxygen atoms in total. The van der Waals surface area contributed by atoms with Crippen molar-refractivity contribution in [3.63, 3.8) is 0 Å². The van der Waals surface area contributed by atoms with Crippen LogP contribution in [0.2, 0.25) is 0 Å². The fraction of sp³-hybridized carbons (Fsp3) is 0.286. The molecule has 1 N–H and O–H groups in total. The van der Waals surface area contributed by atoms with Crippen LogP contribution in [-0.4, -0.2) is 88.3 Å². The summed E-state index contributed by atoms with van der Waals surface area (Å²) >= 11 is 6.86. The average molecular weight is 658 g/mol. The third-order valence-electron chi connectivity index (χ3n) is 8.04. The van der Waals surface area contributed by atoms with Crippen LogP contribution in [0.5, 0.6) is 11.5 Å². The largest absolute Gasteiger partial charge is 0.494 e. The zero-order valence-electron chi connectivity index (χ0n) is 25.5. The number of carboxylic acid groups (broad SMARTS) is 1. The number of fused-ring (bicyclic) bond motifs is 1. The highest BCUT2D eigenvalue weighted by molar-refractivity contribution is 8.26. The molecule has 2 aliphatic heterocycles. The van der Waals surface area contributed by atoms with Crippen LogP contribution in [-0.2, 0) is 16.6 Å². The first kappa shape index (κ1) is 31.8. The molecule has 238 valence electrons. The van der Waals surface area contributed by atoms with Crippen molar-refractivity contribution in [3.8, 4) is 22.6 Å². The molecule has 46 heavy (non-hydrogen) atoms. The second-order valence-electron chi connectivity index (χ2n) is 11.1. The van der Waals surface area contributed by atoms with E-state index in [2.05, 4.69) is 46.0 Å². The van der Waals surface area contributed by atoms with E-state index in [4.69, 9.17) is 31.5 Å². The Kier molecular flexibility index (Phi) is 10.0. The molecule has 1 aromatic heterocycles. The molecule has 0 aliphatic carbocycles. The number of carbonyl (C=O) groups excluding carboxylic acids is 1. The van der Waals surface area contributed by atoms with Gasteiger partial charge in [0.1, 0.15) is 22.4 Å². The predicted octanol–water partition coefficient (Wildman–Crippen LogP) is 5.92. The van der Waals surface area contributed by atoms with Crippen LogP contribution in [0.25, 0.3) is 28.1 Å². The lowest BCUT2D eigenvalue weighted by Gasteiger charge is -2.26. The van der Waals surface area contributed by atoms with Gasteiger partial charge in [-0.25, -0.2) is 4.79 Å². The van der Waals surface area contributed by atoms with Gasteiger partial charge in [0.15, 0.2) is 0 Å². The molecule has 0 spiro atoms. The van der Waals surface area contributed by atoms with Crippen LogP contribution in [0.1, 0.15) is 22.3 Å². The summed E-state index contributed by atoms with van der Waals surface area (Å²) in [5.41, 5.74) is 4.25. The second-order valence-corrected chi connectivity index (χ2v) is 12.8. The van der Waals surface area contributed by atoms with Crippen molar-refractivity contribution in [1.82, 2.24) is 14.4 Å². The maximum absolute atomic E-state index is 13.4. The molecule has 3 heterocycles. The zero-order valence-corrected chi connectivity index (χ0v) is 27.1. The van der Waals surface area contributed by atoms with E-state index in [9.17, 15) is 9.59 Å². The van der Waals surface area contributed by atoms with Gasteiger partial charge < -0.3 is 23.9 Å². The van der Waals surface area contributed by atoms with E-state index in [1.807, 2.05) is 25.3 Å². The lowest BCUT2D eigenvalue weighted by atomic mass is 10.00. The standard InChI is InChI=1S/C35H35N3O6S2/c1-36-13-11-27-23-26(6-9-30(27)36)29-21-24(3-10-31(29)44-20-16-37-14-18-42-19-15-37)22-32-33(39)38(35(45)46-32)12-2-17-43-28-7-4-25(5-8-28)34(40)41/h3-11,13,21-23H,2,12,14-20H2,1H3,(H,40,41). The normalized spacial score (nSPS) is 16.5. The number of morpholine rings is 1. The van der Waals surface area contributed by atoms with Crippen molar-refractivity contribution in [3.05, 3.63) is 89.0 Å². The number of amides is 1. The van der Waals surface area contributed by atoms with Crippen molar-refractivity contribution in [2.24, 2.45) is 7.05 Å². The maximum Gasteiger partial charge on any atom is 0.335 e. The number of hydrogen-bond acceptors (Lipinski definition) is 8. The van der Waals surface area contributed by atoms with Gasteiger partial charge in [-0.15, -0.1) is 0 Å². The van der Waals surface area contributed by atoms with Crippen molar-refractivity contribution < 1.29 is 28.9 Å². The second kappa shape index (κ2) is 14.5. The number of carboxylic acids is 1. The lowest BCUT2D eigenvalue weighted by molar-refractivity contribution is -0.122. The molecular formula is C35H35N3O6S2. The predicted molar refractivity (Wildman–Crippen MR) is 185 cm³/mol. The maximum atomic E-state index is 13.4. The molecule has 0 bridgehead atoms. The number of aromatic nitrogens is 1. The number of ether oxygens (including phenoxy) is 3. The minimum absolute atomic E-state index is 0.126. The van der Waals surface area contributed by atoms with E-state index in [0.717, 1.165) is 66.2 Å². The van der Waals surface area contributed by atoms with Crippen molar-refractivity contribution in [1.29, 1.82) is 0 Å². The first-order valence-corrected chi connectivity index (χ1v) is 16.4. The van der Waals surface area contributed by atoms with E-state index in [1.165, 1.54) is 23.9 Å². The molecule has 4 aromatic rings. The topological polar surface area (TPSA) is 93.5 Å². The van der Waals surface area contributed by atoms with E-state index in [-0.39, 0.29) is 11.5 Å². The highest BCUT2D eigenvalue weighted by atomic mass is 32.2. The Hall–Kier alpha value is -4.16. The molecular weight excluding hydrogens is 623 g/mol. The SMILES string of the molecule is Cn1ccc2cc(-c3cc(C=C4SC(=S)N(CCCOc5ccc(C(=O)O)cc5)C4=O)ccc3OCCN3CCOCC3)ccc21. The summed E-state index contributed by atoms with van der Waals surface area (Å²) in [5.74, 6) is 0.262. The van der Waals surface area contributed by atoms with Crippen molar-refractivity contribution in [2.45, 2.75) is 6.42 Å². The summed E-state index contributed by atoms with van der Waals surface area (Å²) < 4.78 is 20.2. The highest BCUT2D eigenvalue weighted by Crippen LogP contribution is 2.37. The molecule has 6 rings (SSSR count). The van der Waals surface area contributed by atoms with Crippen LogP contribution in [0.4, 0.5) is 0 Å². The summed E-state index contributed by atoms with van der Waals surface area (Å²) in [6.45, 7) is 5.50. The molecule has 1 amide bonds. The summed E-state index contributed by atoms with van der Waals surface area (Å²) in [6, 6.07) is 20.8. The highest BCUT2D eigenvalue weighted by Gasteiger charge is 2.31. The minimum atomic E-state index is -0.984. The van der Waals surface area contributed by atoms with Gasteiger partial charge in [0, 0.05) is 55.9 Å². The number of nitrogens with zero attached hydrogens (tertiary/aromatic N) is 3. The van der Waals surface area contributed by atoms with Crippen molar-refractivity contribution >= 4 is 57.2 Å². The van der Waals surface area contributed by atoms with E-state index in [0.29, 0.717) is 41.2 Å². The van der Waals surface area contributed by atoms with E-state index in [1.54, 1.807) is 17.0 Å². The average Bonchev–Trinajstić information content (AvgIpc) is 3.57. The van der Waals surface area contributed by atoms with Gasteiger partial charge in [-0.05, 0) is 78.2 Å². The number of carbonyl (C=O) groups is 2. The number of hydrogen-bond donors (Lipinski definition) is 1. The minimum Gasteiger partial charge on any atom is -0.494 e. The number of thioether (sulfide) groups is 1. The van der Waals surface area contributed by atoms with Crippen molar-refractivity contribution in [2.75, 3.05) is 52.6 Å². The third-order valence-corrected chi connectivity index (χ3v) is 9.41. The molecule has 3 aromatic carbocycles. The number of benzene rings is 3. The smallest absolute Gasteiger partial charge is 0.335 e. The number of thiocarbonyl (C=S) groups is 1. The summed E-state index contributed by atoms with van der Waals surface area (Å²) in [4.78, 5) is 28.9. The Bertz CT molecular complexity index is 1780. The number of aromatic carboxylic acids is 1. The molecule has 0 unspecified atom stereocenters. The van der Waals surface area contributed by atoms with Crippen LogP contribution in [0.15, 0.2) is 77.8 Å². The van der Waals surface area contributed by atoms with Gasteiger partial charge in [-0.2, -0.15) is 0 Å². The molecule has 0 saturated carbocycles. The third kappa shape index (κ3) is 7.45. The van der Waals surface area contributed by atoms with E-state index >= 15 is 0 Å². The van der Waals surface area contributed by atoms with Gasteiger partial charge in [0.25, 0.3) is 5.91 Å². The Morgan fingerprint density at radius 3 is 2.59 bits per heavy atom. The van der Waals surface area contributed by atoms with Crippen LogP contribution < -0.4 is 9.47 Å². The number of aryl methyl sites for hydroxylation is 1. The zero-order chi connectivity index (χ0) is 32.0. The van der Waals surface area contributed by atoms with E-state index < -0.39 is 5.97 Å². The first-order chi connectivity index (χ1) is 22.4. The van der Waals surface area contributed by atoms with Gasteiger partial charge in [0.05, 0.1) is 30.3 Å². The quantitative estimate of drug-likeness (QED) is 0.113. The fourth-order valence-corrected chi connectivity index (χ4v) is 6.81. The fourth-order valence-electron chi connectivity index (χ4n) is 5.50. The van der Waals surface area contributed by atoms with Crippen LogP contribution >= 0.6 is 24.0 Å². The van der Waals surface area contributed by atoms with Gasteiger partial charge >= 0.3 is 5.97 Å². The molecule has 11 heteroatoms. The molecule has 0 atom stereocenters. The monoisotopic (exact) mass is 657 g/mol. The Balaban J connectivity index is 1.15. The summed E-state index contributed by atoms with van der Waals surface area (Å²) in [5, 5.41) is 10.2. The Labute approximate surface area is 277 Å². The molecule has 2 fully saturated rings. The molecule has 2 saturated heterocycles. The van der Waals surface area contributed by atoms with Gasteiger partial charge in [0.2, 0.25) is 0 Å². The Morgan fingerprint density at radius 1 is 1.00 bits per heavy atom. The molecule has 2 aliphatic rings. The van der Waals surface area contributed by atoms with Gasteiger partial charge in [-0.1, -0.05) is 36.1 Å². The summed E-state index contributed by atoms with van der Waals surface area (Å²) in [6.07, 6.45) is 4.52. The lowest BCUT2D eigenvalue weighted by Crippen LogP contribution is -2.38. The van der Waals surface area contributed by atoms with Crippen LogP contribution in [0, 0.1) is 0 Å². The summed E-state index contributed by atoms with van der Waals surface area (Å²) in [7, 11) is 2.04. The number of rotatable bonds is 12. The van der Waals surface area contributed by atoms with Crippen LogP contribution in [0.3, 0.4) is 0 Å². The van der Waals surface area contributed by atoms with Gasteiger partial charge in [-0.3, -0.25) is 14.6 Å². The molecule has 0 radical (unpaired) electrons.